The molecule has 160 valence electrons. The summed E-state index contributed by atoms with van der Waals surface area (Å²) in [7, 11) is 0. The molecule has 0 radical (unpaired) electrons. The zero-order valence-corrected chi connectivity index (χ0v) is 17.8. The Morgan fingerprint density at radius 2 is 1.63 bits per heavy atom. The molecule has 5 heteroatoms. The lowest BCUT2D eigenvalue weighted by Gasteiger charge is -2.36. The molecule has 0 unspecified atom stereocenters. The number of carbonyl (C=O) groups excluding carboxylic acids is 2. The van der Waals surface area contributed by atoms with Gasteiger partial charge in [-0.15, -0.1) is 0 Å². The van der Waals surface area contributed by atoms with Crippen LogP contribution in [-0.4, -0.2) is 28.8 Å². The molecule has 1 atom stereocenters. The zero-order chi connectivity index (χ0) is 20.9. The maximum atomic E-state index is 13.6. The van der Waals surface area contributed by atoms with Crippen LogP contribution in [0.15, 0.2) is 47.1 Å². The number of benzene rings is 1. The summed E-state index contributed by atoms with van der Waals surface area (Å²) >= 11 is 0. The predicted molar refractivity (Wildman–Crippen MR) is 116 cm³/mol. The number of hydrogen-bond donors (Lipinski definition) is 1. The Kier molecular flexibility index (Phi) is 6.56. The summed E-state index contributed by atoms with van der Waals surface area (Å²) < 4.78 is 5.45. The molecule has 0 bridgehead atoms. The van der Waals surface area contributed by atoms with E-state index in [9.17, 15) is 9.59 Å². The third-order valence-electron chi connectivity index (χ3n) is 6.56. The van der Waals surface area contributed by atoms with E-state index in [1.165, 1.54) is 12.7 Å². The molecular formula is C25H32N2O3. The van der Waals surface area contributed by atoms with Gasteiger partial charge in [0.15, 0.2) is 5.76 Å². The molecule has 5 nitrogen and oxygen atoms in total. The molecule has 1 heterocycles. The molecular weight excluding hydrogens is 376 g/mol. The van der Waals surface area contributed by atoms with E-state index in [2.05, 4.69) is 5.32 Å². The number of hydrogen-bond acceptors (Lipinski definition) is 3. The maximum absolute atomic E-state index is 13.6. The van der Waals surface area contributed by atoms with Gasteiger partial charge in [-0.05, 0) is 50.3 Å². The molecule has 2 aromatic rings. The van der Waals surface area contributed by atoms with Gasteiger partial charge in [-0.2, -0.15) is 0 Å². The number of nitrogens with one attached hydrogen (secondary N) is 1. The molecule has 30 heavy (non-hydrogen) atoms. The molecule has 1 aromatic carbocycles. The Morgan fingerprint density at radius 1 is 0.967 bits per heavy atom. The molecule has 2 amide bonds. The second kappa shape index (κ2) is 9.50. The van der Waals surface area contributed by atoms with E-state index in [4.69, 9.17) is 4.42 Å². The fourth-order valence-electron chi connectivity index (χ4n) is 4.92. The second-order valence-corrected chi connectivity index (χ2v) is 8.78. The molecule has 1 N–H and O–H groups in total. The average Bonchev–Trinajstić information content (AvgIpc) is 3.47. The minimum absolute atomic E-state index is 0.0472. The minimum Gasteiger partial charge on any atom is -0.459 e. The van der Waals surface area contributed by atoms with Crippen molar-refractivity contribution >= 4 is 11.8 Å². The molecule has 0 saturated heterocycles. The topological polar surface area (TPSA) is 62.6 Å². The van der Waals surface area contributed by atoms with Crippen LogP contribution in [0, 0.1) is 6.92 Å². The van der Waals surface area contributed by atoms with Crippen LogP contribution in [0.5, 0.6) is 0 Å². The van der Waals surface area contributed by atoms with Gasteiger partial charge in [0.05, 0.1) is 6.26 Å². The first-order chi connectivity index (χ1) is 14.6. The van der Waals surface area contributed by atoms with Gasteiger partial charge in [-0.1, -0.05) is 61.9 Å². The van der Waals surface area contributed by atoms with E-state index in [1.807, 2.05) is 31.2 Å². The van der Waals surface area contributed by atoms with E-state index in [0.717, 1.165) is 62.5 Å². The first-order valence-electron chi connectivity index (χ1n) is 11.4. The van der Waals surface area contributed by atoms with Gasteiger partial charge < -0.3 is 14.6 Å². The lowest BCUT2D eigenvalue weighted by Crippen LogP contribution is -2.50. The lowest BCUT2D eigenvalue weighted by molar-refractivity contribution is -0.127. The Morgan fingerprint density at radius 3 is 2.27 bits per heavy atom. The highest BCUT2D eigenvalue weighted by Crippen LogP contribution is 2.34. The van der Waals surface area contributed by atoms with Gasteiger partial charge in [-0.25, -0.2) is 0 Å². The fourth-order valence-corrected chi connectivity index (χ4v) is 4.92. The highest BCUT2D eigenvalue weighted by molar-refractivity contribution is 5.96. The third kappa shape index (κ3) is 4.61. The van der Waals surface area contributed by atoms with Gasteiger partial charge in [0.1, 0.15) is 6.04 Å². The van der Waals surface area contributed by atoms with Crippen molar-refractivity contribution in [2.75, 3.05) is 0 Å². The normalized spacial score (nSPS) is 18.8. The van der Waals surface area contributed by atoms with E-state index >= 15 is 0 Å². The quantitative estimate of drug-likeness (QED) is 0.718. The Bertz CT molecular complexity index is 832. The summed E-state index contributed by atoms with van der Waals surface area (Å²) in [5, 5.41) is 3.27. The standard InChI is InChI=1S/C25H32N2O3/c1-18-13-15-19(16-14-18)23(24(28)26-20-8-3-2-4-9-20)27(21-10-5-6-11-21)25(29)22-12-7-17-30-22/h7,12-17,20-21,23H,2-6,8-11H2,1H3,(H,26,28)/t23-/m0/s1. The van der Waals surface area contributed by atoms with Gasteiger partial charge in [-0.3, -0.25) is 9.59 Å². The first-order valence-corrected chi connectivity index (χ1v) is 11.4. The second-order valence-electron chi connectivity index (χ2n) is 8.78. The molecule has 2 aliphatic rings. The number of carbonyl (C=O) groups is 2. The molecule has 1 aromatic heterocycles. The lowest BCUT2D eigenvalue weighted by atomic mass is 9.94. The largest absolute Gasteiger partial charge is 0.459 e. The zero-order valence-electron chi connectivity index (χ0n) is 17.8. The van der Waals surface area contributed by atoms with Crippen molar-refractivity contribution in [3.63, 3.8) is 0 Å². The summed E-state index contributed by atoms with van der Waals surface area (Å²) in [4.78, 5) is 29.0. The molecule has 0 spiro atoms. The number of aryl methyl sites for hydroxylation is 1. The molecule has 0 aliphatic heterocycles. The molecule has 4 rings (SSSR count). The van der Waals surface area contributed by atoms with Crippen LogP contribution >= 0.6 is 0 Å². The number of amides is 2. The van der Waals surface area contributed by atoms with Gasteiger partial charge in [0.25, 0.3) is 5.91 Å². The predicted octanol–water partition coefficient (Wildman–Crippen LogP) is 5.16. The maximum Gasteiger partial charge on any atom is 0.290 e. The monoisotopic (exact) mass is 408 g/mol. The summed E-state index contributed by atoms with van der Waals surface area (Å²) in [6.45, 7) is 2.03. The van der Waals surface area contributed by atoms with Crippen LogP contribution in [0.2, 0.25) is 0 Å². The van der Waals surface area contributed by atoms with Crippen LogP contribution in [-0.2, 0) is 4.79 Å². The summed E-state index contributed by atoms with van der Waals surface area (Å²) in [6, 6.07) is 11.0. The van der Waals surface area contributed by atoms with Crippen LogP contribution in [0.4, 0.5) is 0 Å². The highest BCUT2D eigenvalue weighted by atomic mass is 16.3. The number of furan rings is 1. The number of nitrogens with zero attached hydrogens (tertiary/aromatic N) is 1. The van der Waals surface area contributed by atoms with E-state index < -0.39 is 6.04 Å². The van der Waals surface area contributed by atoms with Crippen molar-refractivity contribution in [1.29, 1.82) is 0 Å². The molecule has 2 aliphatic carbocycles. The fraction of sp³-hybridized carbons (Fsp3) is 0.520. The van der Waals surface area contributed by atoms with E-state index in [1.54, 1.807) is 17.0 Å². The van der Waals surface area contributed by atoms with Crippen LogP contribution in [0.25, 0.3) is 0 Å². The Hall–Kier alpha value is -2.56. The summed E-state index contributed by atoms with van der Waals surface area (Å²) in [5.74, 6) is 0.0262. The van der Waals surface area contributed by atoms with Gasteiger partial charge in [0.2, 0.25) is 5.91 Å². The smallest absolute Gasteiger partial charge is 0.290 e. The number of rotatable bonds is 6. The summed E-state index contributed by atoms with van der Waals surface area (Å²) in [6.07, 6.45) is 11.1. The van der Waals surface area contributed by atoms with E-state index in [-0.39, 0.29) is 23.9 Å². The van der Waals surface area contributed by atoms with Crippen molar-refractivity contribution in [3.8, 4) is 0 Å². The highest BCUT2D eigenvalue weighted by Gasteiger charge is 2.39. The van der Waals surface area contributed by atoms with Crippen LogP contribution in [0.3, 0.4) is 0 Å². The van der Waals surface area contributed by atoms with Crippen LogP contribution in [0.1, 0.15) is 85.5 Å². The Balaban J connectivity index is 1.69. The van der Waals surface area contributed by atoms with Gasteiger partial charge in [0, 0.05) is 12.1 Å². The van der Waals surface area contributed by atoms with Crippen molar-refractivity contribution in [1.82, 2.24) is 10.2 Å². The SMILES string of the molecule is Cc1ccc([C@@H](C(=O)NC2CCCCC2)N(C(=O)c2ccco2)C2CCCC2)cc1. The van der Waals surface area contributed by atoms with Crippen LogP contribution < -0.4 is 5.32 Å². The van der Waals surface area contributed by atoms with Crippen molar-refractivity contribution in [2.24, 2.45) is 0 Å². The van der Waals surface area contributed by atoms with Crippen molar-refractivity contribution < 1.29 is 14.0 Å². The van der Waals surface area contributed by atoms with Crippen molar-refractivity contribution in [2.45, 2.75) is 82.8 Å². The molecule has 2 saturated carbocycles. The van der Waals surface area contributed by atoms with Gasteiger partial charge >= 0.3 is 0 Å². The van der Waals surface area contributed by atoms with E-state index in [0.29, 0.717) is 5.76 Å². The first kappa shape index (κ1) is 20.7. The Labute approximate surface area is 178 Å². The average molecular weight is 409 g/mol. The third-order valence-corrected chi connectivity index (χ3v) is 6.56. The molecule has 2 fully saturated rings. The van der Waals surface area contributed by atoms with Crippen molar-refractivity contribution in [3.05, 3.63) is 59.5 Å². The minimum atomic E-state index is -0.645. The summed E-state index contributed by atoms with van der Waals surface area (Å²) in [5.41, 5.74) is 2.00.